The summed E-state index contributed by atoms with van der Waals surface area (Å²) >= 11 is 6.37. The second kappa shape index (κ2) is 6.66. The van der Waals surface area contributed by atoms with Gasteiger partial charge in [-0.25, -0.2) is 0 Å². The first-order valence-electron chi connectivity index (χ1n) is 6.02. The molecule has 21 heavy (non-hydrogen) atoms. The van der Waals surface area contributed by atoms with Crippen LogP contribution in [0.2, 0.25) is 0 Å². The van der Waals surface area contributed by atoms with Crippen molar-refractivity contribution in [3.05, 3.63) is 28.7 Å². The van der Waals surface area contributed by atoms with Gasteiger partial charge in [0.2, 0.25) is 0 Å². The van der Waals surface area contributed by atoms with Crippen LogP contribution in [0, 0.1) is 12.3 Å². The highest BCUT2D eigenvalue weighted by Crippen LogP contribution is 2.33. The minimum Gasteiger partial charge on any atom is -0.493 e. The van der Waals surface area contributed by atoms with Crippen molar-refractivity contribution in [2.24, 2.45) is 0 Å². The van der Waals surface area contributed by atoms with Crippen molar-refractivity contribution in [1.82, 2.24) is 4.90 Å². The van der Waals surface area contributed by atoms with Crippen LogP contribution in [0.3, 0.4) is 0 Å². The van der Waals surface area contributed by atoms with Crippen LogP contribution in [0.1, 0.15) is 5.56 Å². The molecule has 1 aromatic carbocycles. The Bertz CT molecular complexity index is 661. The number of carbonyl (C=O) groups is 1. The molecule has 6 heteroatoms. The number of thioether (sulfide) groups is 1. The summed E-state index contributed by atoms with van der Waals surface area (Å²) in [7, 11) is 3.21. The van der Waals surface area contributed by atoms with Crippen LogP contribution in [-0.2, 0) is 4.79 Å². The van der Waals surface area contributed by atoms with E-state index < -0.39 is 0 Å². The normalized spacial score (nSPS) is 16.2. The van der Waals surface area contributed by atoms with Crippen LogP contribution in [0.25, 0.3) is 6.08 Å². The number of terminal acetylenes is 1. The molecule has 0 aliphatic carbocycles. The zero-order valence-corrected chi connectivity index (χ0v) is 13.2. The second-order valence-electron chi connectivity index (χ2n) is 4.14. The number of nitrogens with zero attached hydrogens (tertiary/aromatic N) is 1. The molecule has 0 saturated carbocycles. The van der Waals surface area contributed by atoms with E-state index in [1.807, 2.05) is 6.07 Å². The summed E-state index contributed by atoms with van der Waals surface area (Å²) in [6.07, 6.45) is 6.94. The van der Waals surface area contributed by atoms with Crippen LogP contribution >= 0.6 is 24.0 Å². The lowest BCUT2D eigenvalue weighted by Gasteiger charge is -2.09. The molecule has 1 aromatic rings. The molecule has 0 atom stereocenters. The lowest BCUT2D eigenvalue weighted by atomic mass is 10.2. The molecule has 1 amide bonds. The number of rotatable bonds is 4. The molecule has 4 nitrogen and oxygen atoms in total. The van der Waals surface area contributed by atoms with E-state index in [2.05, 4.69) is 5.92 Å². The molecular weight excluding hydrogens is 306 g/mol. The third kappa shape index (κ3) is 3.38. The molecule has 0 spiro atoms. The van der Waals surface area contributed by atoms with Gasteiger partial charge in [-0.05, 0) is 23.8 Å². The molecule has 108 valence electrons. The highest BCUT2D eigenvalue weighted by Gasteiger charge is 2.28. The maximum absolute atomic E-state index is 12.0. The van der Waals surface area contributed by atoms with Crippen molar-refractivity contribution in [2.45, 2.75) is 0 Å². The standard InChI is InChI=1S/C15H13NO3S2/c1-4-7-19-11-6-5-10(8-12(11)18-3)9-13-14(17)16(2)15(20)21-13/h1,5-6,8-9H,7H2,2-3H3/b13-9+. The molecule has 0 N–H and O–H groups in total. The van der Waals surface area contributed by atoms with Gasteiger partial charge < -0.3 is 9.47 Å². The molecule has 1 heterocycles. The van der Waals surface area contributed by atoms with E-state index in [1.54, 1.807) is 32.4 Å². The Hall–Kier alpha value is -1.97. The third-order valence-electron chi connectivity index (χ3n) is 2.78. The molecule has 1 aliphatic rings. The summed E-state index contributed by atoms with van der Waals surface area (Å²) in [6.45, 7) is 0.171. The summed E-state index contributed by atoms with van der Waals surface area (Å²) in [5.41, 5.74) is 0.828. The summed E-state index contributed by atoms with van der Waals surface area (Å²) in [5.74, 6) is 3.42. The maximum Gasteiger partial charge on any atom is 0.265 e. The largest absolute Gasteiger partial charge is 0.493 e. The molecule has 1 aliphatic heterocycles. The van der Waals surface area contributed by atoms with Gasteiger partial charge in [0.1, 0.15) is 10.9 Å². The Morgan fingerprint density at radius 1 is 1.48 bits per heavy atom. The average molecular weight is 319 g/mol. The smallest absolute Gasteiger partial charge is 0.265 e. The van der Waals surface area contributed by atoms with Crippen LogP contribution in [0.15, 0.2) is 23.1 Å². The van der Waals surface area contributed by atoms with Gasteiger partial charge in [0.15, 0.2) is 11.5 Å². The van der Waals surface area contributed by atoms with Crippen LogP contribution in [0.5, 0.6) is 11.5 Å². The van der Waals surface area contributed by atoms with Crippen molar-refractivity contribution in [2.75, 3.05) is 20.8 Å². The van der Waals surface area contributed by atoms with Crippen LogP contribution in [-0.4, -0.2) is 35.9 Å². The first-order chi connectivity index (χ1) is 10.1. The minimum atomic E-state index is -0.100. The fourth-order valence-electron chi connectivity index (χ4n) is 1.71. The van der Waals surface area contributed by atoms with E-state index in [0.717, 1.165) is 5.56 Å². The van der Waals surface area contributed by atoms with Crippen molar-refractivity contribution in [3.8, 4) is 23.8 Å². The van der Waals surface area contributed by atoms with E-state index in [-0.39, 0.29) is 12.5 Å². The van der Waals surface area contributed by atoms with Crippen molar-refractivity contribution < 1.29 is 14.3 Å². The maximum atomic E-state index is 12.0. The second-order valence-corrected chi connectivity index (χ2v) is 5.82. The van der Waals surface area contributed by atoms with E-state index >= 15 is 0 Å². The molecule has 0 bridgehead atoms. The first kappa shape index (κ1) is 15.4. The zero-order chi connectivity index (χ0) is 15.4. The number of ether oxygens (including phenoxy) is 2. The number of benzene rings is 1. The molecule has 1 fully saturated rings. The number of hydrogen-bond donors (Lipinski definition) is 0. The van der Waals surface area contributed by atoms with Gasteiger partial charge >= 0.3 is 0 Å². The number of amides is 1. The van der Waals surface area contributed by atoms with Gasteiger partial charge in [-0.1, -0.05) is 36.0 Å². The fraction of sp³-hybridized carbons (Fsp3) is 0.200. The Morgan fingerprint density at radius 3 is 2.81 bits per heavy atom. The minimum absolute atomic E-state index is 0.100. The van der Waals surface area contributed by atoms with Gasteiger partial charge in [-0.2, -0.15) is 0 Å². The van der Waals surface area contributed by atoms with Crippen LogP contribution in [0.4, 0.5) is 0 Å². The molecule has 0 unspecified atom stereocenters. The summed E-state index contributed by atoms with van der Waals surface area (Å²) in [5, 5.41) is 0. The van der Waals surface area contributed by atoms with Crippen molar-refractivity contribution in [1.29, 1.82) is 0 Å². The highest BCUT2D eigenvalue weighted by molar-refractivity contribution is 8.26. The number of likely N-dealkylation sites (N-methyl/N-ethyl adjacent to an activating group) is 1. The lowest BCUT2D eigenvalue weighted by Crippen LogP contribution is -2.22. The Balaban J connectivity index is 2.28. The first-order valence-corrected chi connectivity index (χ1v) is 7.25. The topological polar surface area (TPSA) is 38.8 Å². The molecule has 1 saturated heterocycles. The molecule has 2 rings (SSSR count). The van der Waals surface area contributed by atoms with E-state index in [9.17, 15) is 4.79 Å². The lowest BCUT2D eigenvalue weighted by molar-refractivity contribution is -0.121. The van der Waals surface area contributed by atoms with E-state index in [4.69, 9.17) is 28.1 Å². The summed E-state index contributed by atoms with van der Waals surface area (Å²) in [6, 6.07) is 5.37. The predicted molar refractivity (Wildman–Crippen MR) is 88.3 cm³/mol. The monoisotopic (exact) mass is 319 g/mol. The van der Waals surface area contributed by atoms with Gasteiger partial charge in [0.25, 0.3) is 5.91 Å². The zero-order valence-electron chi connectivity index (χ0n) is 11.6. The summed E-state index contributed by atoms with van der Waals surface area (Å²) in [4.78, 5) is 14.0. The molecule has 0 aromatic heterocycles. The van der Waals surface area contributed by atoms with Gasteiger partial charge in [0.05, 0.1) is 12.0 Å². The van der Waals surface area contributed by atoms with E-state index in [0.29, 0.717) is 20.7 Å². The van der Waals surface area contributed by atoms with Gasteiger partial charge in [-0.3, -0.25) is 9.69 Å². The Kier molecular flexibility index (Phi) is 4.89. The third-order valence-corrected chi connectivity index (χ3v) is 4.27. The predicted octanol–water partition coefficient (Wildman–Crippen LogP) is 2.54. The fourth-order valence-corrected chi connectivity index (χ4v) is 2.89. The van der Waals surface area contributed by atoms with Crippen molar-refractivity contribution >= 4 is 40.3 Å². The Labute approximate surface area is 133 Å². The van der Waals surface area contributed by atoms with E-state index in [1.165, 1.54) is 16.7 Å². The number of hydrogen-bond acceptors (Lipinski definition) is 5. The van der Waals surface area contributed by atoms with Gasteiger partial charge in [-0.15, -0.1) is 6.42 Å². The average Bonchev–Trinajstić information content (AvgIpc) is 2.73. The quantitative estimate of drug-likeness (QED) is 0.484. The number of methoxy groups -OCH3 is 1. The Morgan fingerprint density at radius 2 is 2.24 bits per heavy atom. The number of thiocarbonyl (C=S) groups is 1. The van der Waals surface area contributed by atoms with Crippen molar-refractivity contribution in [3.63, 3.8) is 0 Å². The number of carbonyl (C=O) groups excluding carboxylic acids is 1. The SMILES string of the molecule is C#CCOc1ccc(/C=C2/SC(=S)N(C)C2=O)cc1OC. The summed E-state index contributed by atoms with van der Waals surface area (Å²) < 4.78 is 11.2. The highest BCUT2D eigenvalue weighted by atomic mass is 32.2. The van der Waals surface area contributed by atoms with Crippen LogP contribution < -0.4 is 9.47 Å². The van der Waals surface area contributed by atoms with Gasteiger partial charge in [0, 0.05) is 7.05 Å². The molecular formula is C15H13NO3S2. The molecule has 0 radical (unpaired) electrons.